The van der Waals surface area contributed by atoms with Gasteiger partial charge in [-0.15, -0.1) is 11.3 Å². The molecule has 0 fully saturated rings. The molecule has 102 valence electrons. The molecule has 0 aliphatic rings. The third kappa shape index (κ3) is 3.78. The summed E-state index contributed by atoms with van der Waals surface area (Å²) in [6.45, 7) is 4.88. The van der Waals surface area contributed by atoms with E-state index in [1.807, 2.05) is 30.3 Å². The quantitative estimate of drug-likeness (QED) is 0.880. The first-order valence-electron chi connectivity index (χ1n) is 6.48. The van der Waals surface area contributed by atoms with Crippen LogP contribution in [0.25, 0.3) is 0 Å². The van der Waals surface area contributed by atoms with Gasteiger partial charge in [-0.3, -0.25) is 0 Å². The Hall–Kier alpha value is -1.39. The predicted molar refractivity (Wildman–Crippen MR) is 77.8 cm³/mol. The van der Waals surface area contributed by atoms with Crippen LogP contribution < -0.4 is 4.74 Å². The largest absolute Gasteiger partial charge is 0.493 e. The molecule has 0 saturated heterocycles. The van der Waals surface area contributed by atoms with E-state index in [2.05, 4.69) is 18.8 Å². The number of aliphatic hydroxyl groups is 1. The van der Waals surface area contributed by atoms with E-state index < -0.39 is 0 Å². The number of thiazole rings is 1. The number of ether oxygens (including phenoxy) is 1. The summed E-state index contributed by atoms with van der Waals surface area (Å²) in [6.07, 6.45) is 0.777. The van der Waals surface area contributed by atoms with E-state index in [1.165, 1.54) is 0 Å². The van der Waals surface area contributed by atoms with Crippen molar-refractivity contribution in [1.82, 2.24) is 4.98 Å². The summed E-state index contributed by atoms with van der Waals surface area (Å²) in [6, 6.07) is 9.77. The zero-order valence-electron chi connectivity index (χ0n) is 11.3. The average Bonchev–Trinajstić information content (AvgIpc) is 2.83. The molecule has 1 aromatic carbocycles. The lowest BCUT2D eigenvalue weighted by Crippen LogP contribution is -2.01. The number of rotatable bonds is 6. The fourth-order valence-corrected chi connectivity index (χ4v) is 2.92. The molecule has 0 aliphatic heterocycles. The van der Waals surface area contributed by atoms with Crippen LogP contribution in [0.5, 0.6) is 5.75 Å². The Balaban J connectivity index is 1.93. The van der Waals surface area contributed by atoms with Gasteiger partial charge in [0.2, 0.25) is 0 Å². The second-order valence-corrected chi connectivity index (χ2v) is 5.81. The van der Waals surface area contributed by atoms with E-state index in [0.29, 0.717) is 12.5 Å². The molecule has 1 heterocycles. The van der Waals surface area contributed by atoms with Gasteiger partial charge in [-0.05, 0) is 18.1 Å². The van der Waals surface area contributed by atoms with E-state index in [0.717, 1.165) is 27.7 Å². The minimum atomic E-state index is 0.0741. The van der Waals surface area contributed by atoms with Gasteiger partial charge in [-0.1, -0.05) is 32.0 Å². The second kappa shape index (κ2) is 6.68. The Labute approximate surface area is 117 Å². The van der Waals surface area contributed by atoms with E-state index in [4.69, 9.17) is 4.74 Å². The molecule has 2 aromatic rings. The van der Waals surface area contributed by atoms with E-state index in [9.17, 15) is 5.11 Å². The van der Waals surface area contributed by atoms with Gasteiger partial charge in [0.05, 0.1) is 28.8 Å². The second-order valence-electron chi connectivity index (χ2n) is 4.64. The standard InChI is InChI=1S/C15H19NO2S/c1-11(2)15-13(10-17)19-14(16-15)8-9-18-12-6-4-3-5-7-12/h3-7,11,17H,8-10H2,1-2H3. The maximum atomic E-state index is 9.32. The van der Waals surface area contributed by atoms with Gasteiger partial charge >= 0.3 is 0 Å². The summed E-state index contributed by atoms with van der Waals surface area (Å²) in [5, 5.41) is 10.4. The number of benzene rings is 1. The molecule has 0 saturated carbocycles. The van der Waals surface area contributed by atoms with Crippen molar-refractivity contribution < 1.29 is 9.84 Å². The van der Waals surface area contributed by atoms with Gasteiger partial charge in [0.1, 0.15) is 5.75 Å². The summed E-state index contributed by atoms with van der Waals surface area (Å²) in [7, 11) is 0. The molecule has 19 heavy (non-hydrogen) atoms. The van der Waals surface area contributed by atoms with Crippen molar-refractivity contribution in [1.29, 1.82) is 0 Å². The smallest absolute Gasteiger partial charge is 0.119 e. The average molecular weight is 277 g/mol. The number of hydrogen-bond donors (Lipinski definition) is 1. The van der Waals surface area contributed by atoms with Crippen LogP contribution in [-0.4, -0.2) is 16.7 Å². The van der Waals surface area contributed by atoms with Gasteiger partial charge in [-0.2, -0.15) is 0 Å². The van der Waals surface area contributed by atoms with Gasteiger partial charge in [-0.25, -0.2) is 4.98 Å². The Morgan fingerprint density at radius 1 is 1.26 bits per heavy atom. The number of hydrogen-bond acceptors (Lipinski definition) is 4. The minimum absolute atomic E-state index is 0.0741. The lowest BCUT2D eigenvalue weighted by atomic mass is 10.1. The van der Waals surface area contributed by atoms with E-state index >= 15 is 0 Å². The number of para-hydroxylation sites is 1. The molecule has 0 bridgehead atoms. The van der Waals surface area contributed by atoms with Crippen molar-refractivity contribution in [3.05, 3.63) is 45.9 Å². The summed E-state index contributed by atoms with van der Waals surface area (Å²) >= 11 is 1.58. The monoisotopic (exact) mass is 277 g/mol. The van der Waals surface area contributed by atoms with Gasteiger partial charge in [0.15, 0.2) is 0 Å². The van der Waals surface area contributed by atoms with Gasteiger partial charge in [0.25, 0.3) is 0 Å². The van der Waals surface area contributed by atoms with Crippen LogP contribution in [0.4, 0.5) is 0 Å². The van der Waals surface area contributed by atoms with Gasteiger partial charge < -0.3 is 9.84 Å². The first-order chi connectivity index (χ1) is 9.20. The summed E-state index contributed by atoms with van der Waals surface area (Å²) in [4.78, 5) is 5.57. The molecule has 0 atom stereocenters. The van der Waals surface area contributed by atoms with Crippen LogP contribution in [0.1, 0.15) is 35.3 Å². The number of aromatic nitrogens is 1. The van der Waals surface area contributed by atoms with Crippen molar-refractivity contribution in [2.45, 2.75) is 32.8 Å². The first-order valence-corrected chi connectivity index (χ1v) is 7.29. The lowest BCUT2D eigenvalue weighted by Gasteiger charge is -2.04. The molecular weight excluding hydrogens is 258 g/mol. The normalized spacial score (nSPS) is 10.9. The molecular formula is C15H19NO2S. The summed E-state index contributed by atoms with van der Waals surface area (Å²) < 4.78 is 5.66. The Morgan fingerprint density at radius 3 is 2.58 bits per heavy atom. The molecule has 2 rings (SSSR count). The van der Waals surface area contributed by atoms with E-state index in [1.54, 1.807) is 11.3 Å². The number of aliphatic hydroxyl groups excluding tert-OH is 1. The highest BCUT2D eigenvalue weighted by Crippen LogP contribution is 2.25. The zero-order valence-corrected chi connectivity index (χ0v) is 12.1. The summed E-state index contributed by atoms with van der Waals surface area (Å²) in [5.74, 6) is 1.23. The fourth-order valence-electron chi connectivity index (χ4n) is 1.86. The maximum absolute atomic E-state index is 9.32. The number of nitrogens with zero attached hydrogens (tertiary/aromatic N) is 1. The van der Waals surface area contributed by atoms with Crippen molar-refractivity contribution in [3.8, 4) is 5.75 Å². The topological polar surface area (TPSA) is 42.4 Å². The summed E-state index contributed by atoms with van der Waals surface area (Å²) in [5.41, 5.74) is 1.02. The first kappa shape index (κ1) is 14.0. The van der Waals surface area contributed by atoms with Crippen LogP contribution in [0.2, 0.25) is 0 Å². The van der Waals surface area contributed by atoms with Crippen molar-refractivity contribution in [2.75, 3.05) is 6.61 Å². The molecule has 0 radical (unpaired) electrons. The predicted octanol–water partition coefficient (Wildman–Crippen LogP) is 3.38. The SMILES string of the molecule is CC(C)c1nc(CCOc2ccccc2)sc1CO. The van der Waals surface area contributed by atoms with Crippen molar-refractivity contribution >= 4 is 11.3 Å². The lowest BCUT2D eigenvalue weighted by molar-refractivity contribution is 0.283. The highest BCUT2D eigenvalue weighted by molar-refractivity contribution is 7.11. The van der Waals surface area contributed by atoms with Crippen LogP contribution in [0.15, 0.2) is 30.3 Å². The molecule has 0 unspecified atom stereocenters. The molecule has 1 aromatic heterocycles. The van der Waals surface area contributed by atoms with Crippen LogP contribution in [0.3, 0.4) is 0 Å². The Kier molecular flexibility index (Phi) is 4.93. The van der Waals surface area contributed by atoms with Crippen LogP contribution in [0, 0.1) is 0 Å². The Bertz CT molecular complexity index is 508. The van der Waals surface area contributed by atoms with Crippen molar-refractivity contribution in [3.63, 3.8) is 0 Å². The molecule has 3 nitrogen and oxygen atoms in total. The molecule has 4 heteroatoms. The van der Waals surface area contributed by atoms with E-state index in [-0.39, 0.29) is 6.61 Å². The third-order valence-electron chi connectivity index (χ3n) is 2.79. The molecule has 0 amide bonds. The maximum Gasteiger partial charge on any atom is 0.119 e. The van der Waals surface area contributed by atoms with Crippen LogP contribution in [-0.2, 0) is 13.0 Å². The van der Waals surface area contributed by atoms with Crippen LogP contribution >= 0.6 is 11.3 Å². The molecule has 0 aliphatic carbocycles. The molecule has 1 N–H and O–H groups in total. The minimum Gasteiger partial charge on any atom is -0.493 e. The third-order valence-corrected chi connectivity index (χ3v) is 3.91. The van der Waals surface area contributed by atoms with Gasteiger partial charge in [0, 0.05) is 6.42 Å². The zero-order chi connectivity index (χ0) is 13.7. The van der Waals surface area contributed by atoms with Crippen molar-refractivity contribution in [2.24, 2.45) is 0 Å². The highest BCUT2D eigenvalue weighted by atomic mass is 32.1. The molecule has 0 spiro atoms. The Morgan fingerprint density at radius 2 is 2.00 bits per heavy atom. The highest BCUT2D eigenvalue weighted by Gasteiger charge is 2.13. The fraction of sp³-hybridized carbons (Fsp3) is 0.400.